The number of sulfone groups is 1. The van der Waals surface area contributed by atoms with Gasteiger partial charge in [-0.2, -0.15) is 4.98 Å². The number of aryl methyl sites for hydroxylation is 1. The predicted molar refractivity (Wildman–Crippen MR) is 217 cm³/mol. The number of rotatable bonds is 20. The molecule has 0 saturated carbocycles. The molecule has 3 aromatic rings. The van der Waals surface area contributed by atoms with Gasteiger partial charge in [-0.15, -0.1) is 0 Å². The van der Waals surface area contributed by atoms with Crippen molar-refractivity contribution in [2.45, 2.75) is 102 Å². The van der Waals surface area contributed by atoms with Gasteiger partial charge in [-0.1, -0.05) is 43.2 Å². The number of carbonyl (C=O) groups is 2. The summed E-state index contributed by atoms with van der Waals surface area (Å²) in [7, 11) is -3.56. The Morgan fingerprint density at radius 2 is 1.69 bits per heavy atom. The zero-order valence-electron chi connectivity index (χ0n) is 32.2. The molecule has 1 fully saturated rings. The second-order valence-electron chi connectivity index (χ2n) is 14.2. The Hall–Kier alpha value is -4.20. The van der Waals surface area contributed by atoms with Crippen LogP contribution in [0.1, 0.15) is 89.7 Å². The number of anilines is 4. The maximum absolute atomic E-state index is 13.0. The molecule has 4 N–H and O–H groups in total. The van der Waals surface area contributed by atoms with Gasteiger partial charge >= 0.3 is 0 Å². The number of nitrogens with one attached hydrogen (secondary N) is 4. The Morgan fingerprint density at radius 3 is 2.35 bits per heavy atom. The SMILES string of the molecule is C=CC(=O)NCCCCCCNC(=O)CCN1CCC(c2cc(OC(C)C)c(Nc3ncc(Cl)c(Nc4ccccc4S(=O)(=O)C(C)C)n3)cc2C)CC1. The van der Waals surface area contributed by atoms with Crippen molar-refractivity contribution in [1.82, 2.24) is 25.5 Å². The van der Waals surface area contributed by atoms with Crippen LogP contribution in [-0.4, -0.2) is 79.2 Å². The van der Waals surface area contributed by atoms with Crippen LogP contribution in [0.2, 0.25) is 5.02 Å². The van der Waals surface area contributed by atoms with Crippen LogP contribution >= 0.6 is 11.6 Å². The number of hydrogen-bond donors (Lipinski definition) is 4. The highest BCUT2D eigenvalue weighted by Gasteiger charge is 2.25. The van der Waals surface area contributed by atoms with Gasteiger partial charge < -0.3 is 30.9 Å². The molecule has 0 unspecified atom stereocenters. The molecule has 1 aliphatic heterocycles. The number of aromatic nitrogens is 2. The van der Waals surface area contributed by atoms with Crippen molar-refractivity contribution < 1.29 is 22.7 Å². The number of benzene rings is 2. The summed E-state index contributed by atoms with van der Waals surface area (Å²) in [6.45, 7) is 16.7. The first-order valence-corrected chi connectivity index (χ1v) is 20.8. The Morgan fingerprint density at radius 1 is 1.00 bits per heavy atom. The lowest BCUT2D eigenvalue weighted by molar-refractivity contribution is -0.121. The standard InChI is InChI=1S/C40H56ClN7O5S/c1-7-37(49)42-19-12-8-9-13-20-43-38(50)18-23-48-21-16-30(17-22-48)31-25-35(53-27(2)3)34(24-29(31)6)46-40-44-26-32(41)39(47-40)45-33-14-10-11-15-36(33)54(51,52)28(4)5/h7,10-11,14-15,24-28,30H,1,8-9,12-13,16-23H2,2-6H3,(H,42,49)(H,43,50)(H2,44,45,46,47). The molecule has 54 heavy (non-hydrogen) atoms. The molecule has 0 radical (unpaired) electrons. The van der Waals surface area contributed by atoms with E-state index in [4.69, 9.17) is 16.3 Å². The monoisotopic (exact) mass is 781 g/mol. The van der Waals surface area contributed by atoms with Crippen molar-refractivity contribution in [2.75, 3.05) is 43.4 Å². The van der Waals surface area contributed by atoms with Crippen LogP contribution in [0.5, 0.6) is 5.75 Å². The zero-order valence-corrected chi connectivity index (χ0v) is 33.8. The van der Waals surface area contributed by atoms with E-state index in [-0.39, 0.29) is 39.6 Å². The highest BCUT2D eigenvalue weighted by atomic mass is 35.5. The summed E-state index contributed by atoms with van der Waals surface area (Å²) < 4.78 is 32.4. The van der Waals surface area contributed by atoms with Crippen molar-refractivity contribution >= 4 is 56.4 Å². The van der Waals surface area contributed by atoms with Gasteiger partial charge in [0.2, 0.25) is 17.8 Å². The van der Waals surface area contributed by atoms with Gasteiger partial charge in [-0.25, -0.2) is 13.4 Å². The zero-order chi connectivity index (χ0) is 39.3. The lowest BCUT2D eigenvalue weighted by Crippen LogP contribution is -2.36. The van der Waals surface area contributed by atoms with Crippen LogP contribution < -0.4 is 26.0 Å². The van der Waals surface area contributed by atoms with Crippen molar-refractivity contribution in [2.24, 2.45) is 0 Å². The van der Waals surface area contributed by atoms with Crippen LogP contribution in [0.4, 0.5) is 23.1 Å². The molecular weight excluding hydrogens is 726 g/mol. The predicted octanol–water partition coefficient (Wildman–Crippen LogP) is 7.44. The van der Waals surface area contributed by atoms with Gasteiger partial charge in [0.1, 0.15) is 10.8 Å². The van der Waals surface area contributed by atoms with E-state index >= 15 is 0 Å². The number of likely N-dealkylation sites (tertiary alicyclic amines) is 1. The average molecular weight is 782 g/mol. The number of hydrogen-bond acceptors (Lipinski definition) is 10. The molecule has 12 nitrogen and oxygen atoms in total. The average Bonchev–Trinajstić information content (AvgIpc) is 3.14. The number of unbranched alkanes of at least 4 members (excludes halogenated alkanes) is 3. The van der Waals surface area contributed by atoms with Crippen molar-refractivity contribution in [1.29, 1.82) is 0 Å². The molecule has 1 saturated heterocycles. The smallest absolute Gasteiger partial charge is 0.243 e. The summed E-state index contributed by atoms with van der Waals surface area (Å²) in [5, 5.41) is 11.9. The highest BCUT2D eigenvalue weighted by molar-refractivity contribution is 7.92. The minimum absolute atomic E-state index is 0.0755. The molecule has 0 aliphatic carbocycles. The van der Waals surface area contributed by atoms with Gasteiger partial charge in [-0.05, 0) is 121 Å². The summed E-state index contributed by atoms with van der Waals surface area (Å²) in [6, 6.07) is 10.9. The quantitative estimate of drug-likeness (QED) is 0.0672. The van der Waals surface area contributed by atoms with E-state index in [0.717, 1.165) is 63.7 Å². The fourth-order valence-corrected chi connectivity index (χ4v) is 7.70. The fourth-order valence-electron chi connectivity index (χ4n) is 6.36. The fraction of sp³-hybridized carbons (Fsp3) is 0.500. The van der Waals surface area contributed by atoms with Crippen molar-refractivity contribution in [3.63, 3.8) is 0 Å². The molecule has 1 aromatic heterocycles. The molecule has 14 heteroatoms. The largest absolute Gasteiger partial charge is 0.489 e. The first-order valence-electron chi connectivity index (χ1n) is 18.9. The number of piperidine rings is 1. The van der Waals surface area contributed by atoms with Crippen molar-refractivity contribution in [3.05, 3.63) is 71.4 Å². The Bertz CT molecular complexity index is 1850. The molecule has 2 aromatic carbocycles. The van der Waals surface area contributed by atoms with Crippen LogP contribution in [-0.2, 0) is 19.4 Å². The maximum Gasteiger partial charge on any atom is 0.243 e. The van der Waals surface area contributed by atoms with E-state index in [2.05, 4.69) is 61.8 Å². The van der Waals surface area contributed by atoms with Gasteiger partial charge in [0.15, 0.2) is 15.7 Å². The van der Waals surface area contributed by atoms with Crippen molar-refractivity contribution in [3.8, 4) is 5.75 Å². The van der Waals surface area contributed by atoms with Crippen LogP contribution in [0, 0.1) is 6.92 Å². The first-order chi connectivity index (χ1) is 25.8. The Balaban J connectivity index is 1.33. The molecule has 1 aliphatic rings. The molecule has 4 rings (SSSR count). The third kappa shape index (κ3) is 12.4. The second kappa shape index (κ2) is 20.5. The van der Waals surface area contributed by atoms with E-state index < -0.39 is 15.1 Å². The van der Waals surface area contributed by atoms with E-state index in [9.17, 15) is 18.0 Å². The highest BCUT2D eigenvalue weighted by Crippen LogP contribution is 2.38. The number of amides is 2. The number of para-hydroxylation sites is 1. The number of halogens is 1. The Labute approximate surface area is 325 Å². The number of nitrogens with zero attached hydrogens (tertiary/aromatic N) is 3. The summed E-state index contributed by atoms with van der Waals surface area (Å²) in [5.41, 5.74) is 3.44. The third-order valence-corrected chi connectivity index (χ3v) is 11.9. The molecule has 2 heterocycles. The minimum atomic E-state index is -3.56. The van der Waals surface area contributed by atoms with Gasteiger partial charge in [0.25, 0.3) is 0 Å². The first kappa shape index (κ1) is 42.5. The van der Waals surface area contributed by atoms with Crippen LogP contribution in [0.3, 0.4) is 0 Å². The molecule has 0 bridgehead atoms. The molecule has 0 atom stereocenters. The summed E-state index contributed by atoms with van der Waals surface area (Å²) in [4.78, 5) is 35.2. The number of carbonyl (C=O) groups excluding carboxylic acids is 2. The minimum Gasteiger partial charge on any atom is -0.489 e. The molecule has 294 valence electrons. The normalized spacial score (nSPS) is 13.9. The van der Waals surface area contributed by atoms with E-state index in [1.54, 1.807) is 38.1 Å². The van der Waals surface area contributed by atoms with Gasteiger partial charge in [0.05, 0.1) is 33.8 Å². The molecular formula is C40H56ClN7O5S. The summed E-state index contributed by atoms with van der Waals surface area (Å²) in [6.07, 6.45) is 8.98. The van der Waals surface area contributed by atoms with E-state index in [1.807, 2.05) is 13.8 Å². The van der Waals surface area contributed by atoms with Gasteiger partial charge in [0, 0.05) is 26.1 Å². The lowest BCUT2D eigenvalue weighted by atomic mass is 9.86. The summed E-state index contributed by atoms with van der Waals surface area (Å²) in [5.74, 6) is 1.52. The number of ether oxygens (including phenoxy) is 1. The third-order valence-electron chi connectivity index (χ3n) is 9.38. The van der Waals surface area contributed by atoms with Gasteiger partial charge in [-0.3, -0.25) is 9.59 Å². The maximum atomic E-state index is 13.0. The Kier molecular flexibility index (Phi) is 16.1. The molecule has 0 spiro atoms. The second-order valence-corrected chi connectivity index (χ2v) is 17.1. The lowest BCUT2D eigenvalue weighted by Gasteiger charge is -2.33. The topological polar surface area (TPSA) is 155 Å². The summed E-state index contributed by atoms with van der Waals surface area (Å²) >= 11 is 6.49. The molecule has 2 amide bonds. The van der Waals surface area contributed by atoms with E-state index in [0.29, 0.717) is 42.6 Å². The van der Waals surface area contributed by atoms with Crippen LogP contribution in [0.25, 0.3) is 0 Å². The van der Waals surface area contributed by atoms with E-state index in [1.165, 1.54) is 17.8 Å². The van der Waals surface area contributed by atoms with Crippen LogP contribution in [0.15, 0.2) is 60.1 Å².